The SMILES string of the molecule is CCOCc1ccc(-c2ccc(CC[C@H]3CC[C@H]([C@H]4CC[C@H](CCCF)CC4)CC3)cc2)cc1. The van der Waals surface area contributed by atoms with Crippen molar-refractivity contribution >= 4 is 0 Å². The molecule has 0 aromatic heterocycles. The highest BCUT2D eigenvalue weighted by Crippen LogP contribution is 2.43. The van der Waals surface area contributed by atoms with E-state index in [0.717, 1.165) is 43.1 Å². The van der Waals surface area contributed by atoms with Crippen LogP contribution in [0.4, 0.5) is 4.39 Å². The smallest absolute Gasteiger partial charge is 0.0894 e. The average Bonchev–Trinajstić information content (AvgIpc) is 2.91. The largest absolute Gasteiger partial charge is 0.377 e. The summed E-state index contributed by atoms with van der Waals surface area (Å²) in [6, 6.07) is 18.0. The second kappa shape index (κ2) is 13.4. The van der Waals surface area contributed by atoms with Crippen LogP contribution < -0.4 is 0 Å². The molecule has 2 aliphatic rings. The summed E-state index contributed by atoms with van der Waals surface area (Å²) in [6.07, 6.45) is 15.8. The minimum Gasteiger partial charge on any atom is -0.377 e. The lowest BCUT2D eigenvalue weighted by Crippen LogP contribution is -2.26. The molecule has 0 amide bonds. The van der Waals surface area contributed by atoms with Crippen molar-refractivity contribution in [3.05, 3.63) is 59.7 Å². The quantitative estimate of drug-likeness (QED) is 0.322. The predicted molar refractivity (Wildman–Crippen MR) is 142 cm³/mol. The molecule has 0 atom stereocenters. The molecule has 0 radical (unpaired) electrons. The molecule has 34 heavy (non-hydrogen) atoms. The molecule has 2 heteroatoms. The third kappa shape index (κ3) is 7.41. The van der Waals surface area contributed by atoms with Gasteiger partial charge in [0, 0.05) is 6.61 Å². The van der Waals surface area contributed by atoms with Gasteiger partial charge in [-0.2, -0.15) is 0 Å². The van der Waals surface area contributed by atoms with E-state index < -0.39 is 0 Å². The third-order valence-corrected chi connectivity index (χ3v) is 8.75. The second-order valence-corrected chi connectivity index (χ2v) is 11.0. The summed E-state index contributed by atoms with van der Waals surface area (Å²) in [5.41, 5.74) is 5.29. The molecular formula is C32H45FO. The summed E-state index contributed by atoms with van der Waals surface area (Å²) in [5, 5.41) is 0. The number of halogens is 1. The van der Waals surface area contributed by atoms with Crippen molar-refractivity contribution < 1.29 is 9.13 Å². The van der Waals surface area contributed by atoms with Crippen LogP contribution in [-0.2, 0) is 17.8 Å². The Morgan fingerprint density at radius 2 is 1.18 bits per heavy atom. The highest BCUT2D eigenvalue weighted by atomic mass is 19.1. The summed E-state index contributed by atoms with van der Waals surface area (Å²) in [4.78, 5) is 0. The minimum absolute atomic E-state index is 0.128. The normalized spacial score (nSPS) is 25.4. The fraction of sp³-hybridized carbons (Fsp3) is 0.625. The fourth-order valence-electron chi connectivity index (χ4n) is 6.51. The molecule has 2 fully saturated rings. The molecule has 0 saturated heterocycles. The number of alkyl halides is 1. The number of aryl methyl sites for hydroxylation is 1. The van der Waals surface area contributed by atoms with Gasteiger partial charge in [-0.3, -0.25) is 4.39 Å². The number of hydrogen-bond donors (Lipinski definition) is 0. The van der Waals surface area contributed by atoms with E-state index in [1.807, 2.05) is 6.92 Å². The number of benzene rings is 2. The van der Waals surface area contributed by atoms with E-state index in [4.69, 9.17) is 4.74 Å². The molecule has 4 rings (SSSR count). The van der Waals surface area contributed by atoms with E-state index in [0.29, 0.717) is 6.61 Å². The Labute approximate surface area is 207 Å². The van der Waals surface area contributed by atoms with Crippen LogP contribution in [0.1, 0.15) is 88.7 Å². The van der Waals surface area contributed by atoms with Crippen molar-refractivity contribution in [2.75, 3.05) is 13.3 Å². The van der Waals surface area contributed by atoms with Crippen molar-refractivity contribution in [3.63, 3.8) is 0 Å². The van der Waals surface area contributed by atoms with Crippen LogP contribution in [0.3, 0.4) is 0 Å². The molecule has 1 nitrogen and oxygen atoms in total. The lowest BCUT2D eigenvalue weighted by Gasteiger charge is -2.38. The summed E-state index contributed by atoms with van der Waals surface area (Å²) in [7, 11) is 0. The number of ether oxygens (including phenoxy) is 1. The molecule has 0 heterocycles. The molecule has 186 valence electrons. The highest BCUT2D eigenvalue weighted by Gasteiger charge is 2.30. The predicted octanol–water partition coefficient (Wildman–Crippen LogP) is 9.19. The Morgan fingerprint density at radius 1 is 0.676 bits per heavy atom. The van der Waals surface area contributed by atoms with Gasteiger partial charge in [0.1, 0.15) is 0 Å². The molecule has 0 spiro atoms. The second-order valence-electron chi connectivity index (χ2n) is 11.0. The Balaban J connectivity index is 1.17. The van der Waals surface area contributed by atoms with Crippen LogP contribution in [0.25, 0.3) is 11.1 Å². The van der Waals surface area contributed by atoms with Gasteiger partial charge in [0.25, 0.3) is 0 Å². The van der Waals surface area contributed by atoms with Crippen molar-refractivity contribution in [1.29, 1.82) is 0 Å². The van der Waals surface area contributed by atoms with E-state index in [2.05, 4.69) is 48.5 Å². The van der Waals surface area contributed by atoms with E-state index in [9.17, 15) is 4.39 Å². The standard InChI is InChI=1S/C32H45FO/c1-2-34-24-28-13-21-32(22-14-28)31-19-11-27(12-20-31)6-5-26-9-17-30(18-10-26)29-15-7-25(8-16-29)4-3-23-33/h11-14,19-22,25-26,29-30H,2-10,15-18,23-24H2,1H3/t25-,26-,29-,30-. The van der Waals surface area contributed by atoms with E-state index in [-0.39, 0.29) is 6.67 Å². The van der Waals surface area contributed by atoms with E-state index >= 15 is 0 Å². The Bertz CT molecular complexity index is 811. The highest BCUT2D eigenvalue weighted by molar-refractivity contribution is 5.63. The zero-order chi connectivity index (χ0) is 23.6. The van der Waals surface area contributed by atoms with Crippen LogP contribution in [0.2, 0.25) is 0 Å². The van der Waals surface area contributed by atoms with Crippen molar-refractivity contribution in [2.45, 2.75) is 90.6 Å². The summed E-state index contributed by atoms with van der Waals surface area (Å²) in [5.74, 6) is 3.66. The minimum atomic E-state index is -0.128. The van der Waals surface area contributed by atoms with Gasteiger partial charge < -0.3 is 4.74 Å². The molecular weight excluding hydrogens is 419 g/mol. The fourth-order valence-corrected chi connectivity index (χ4v) is 6.51. The monoisotopic (exact) mass is 464 g/mol. The Kier molecular flexibility index (Phi) is 10.0. The first-order valence-corrected chi connectivity index (χ1v) is 14.1. The number of rotatable bonds is 11. The van der Waals surface area contributed by atoms with Crippen LogP contribution in [0.5, 0.6) is 0 Å². The zero-order valence-corrected chi connectivity index (χ0v) is 21.3. The molecule has 2 aliphatic carbocycles. The summed E-state index contributed by atoms with van der Waals surface area (Å²) >= 11 is 0. The topological polar surface area (TPSA) is 9.23 Å². The maximum atomic E-state index is 12.5. The van der Waals surface area contributed by atoms with Crippen LogP contribution in [-0.4, -0.2) is 13.3 Å². The Morgan fingerprint density at radius 3 is 1.68 bits per heavy atom. The summed E-state index contributed by atoms with van der Waals surface area (Å²) < 4.78 is 18.0. The number of hydrogen-bond acceptors (Lipinski definition) is 1. The van der Waals surface area contributed by atoms with Crippen molar-refractivity contribution in [2.24, 2.45) is 23.7 Å². The van der Waals surface area contributed by atoms with Gasteiger partial charge in [0.2, 0.25) is 0 Å². The molecule has 0 aliphatic heterocycles. The van der Waals surface area contributed by atoms with Gasteiger partial charge >= 0.3 is 0 Å². The Hall–Kier alpha value is -1.67. The molecule has 2 saturated carbocycles. The maximum Gasteiger partial charge on any atom is 0.0894 e. The van der Waals surface area contributed by atoms with E-state index in [1.165, 1.54) is 86.5 Å². The molecule has 0 bridgehead atoms. The van der Waals surface area contributed by atoms with Gasteiger partial charge in [0.15, 0.2) is 0 Å². The molecule has 0 unspecified atom stereocenters. The molecule has 2 aromatic carbocycles. The molecule has 2 aromatic rings. The maximum absolute atomic E-state index is 12.5. The van der Waals surface area contributed by atoms with Crippen LogP contribution in [0.15, 0.2) is 48.5 Å². The van der Waals surface area contributed by atoms with Crippen LogP contribution >= 0.6 is 0 Å². The summed E-state index contributed by atoms with van der Waals surface area (Å²) in [6.45, 7) is 3.36. The third-order valence-electron chi connectivity index (χ3n) is 8.75. The average molecular weight is 465 g/mol. The van der Waals surface area contributed by atoms with Gasteiger partial charge in [-0.15, -0.1) is 0 Å². The first kappa shape index (κ1) is 25.4. The van der Waals surface area contributed by atoms with Crippen molar-refractivity contribution in [3.8, 4) is 11.1 Å². The van der Waals surface area contributed by atoms with E-state index in [1.54, 1.807) is 0 Å². The van der Waals surface area contributed by atoms with Gasteiger partial charge in [-0.25, -0.2) is 0 Å². The van der Waals surface area contributed by atoms with Crippen LogP contribution in [0, 0.1) is 23.7 Å². The molecule has 0 N–H and O–H groups in total. The first-order chi connectivity index (χ1) is 16.7. The zero-order valence-electron chi connectivity index (χ0n) is 21.3. The van der Waals surface area contributed by atoms with Crippen molar-refractivity contribution in [1.82, 2.24) is 0 Å². The lowest BCUT2D eigenvalue weighted by atomic mass is 9.68. The van der Waals surface area contributed by atoms with Gasteiger partial charge in [-0.1, -0.05) is 74.2 Å². The van der Waals surface area contributed by atoms with Gasteiger partial charge in [0.05, 0.1) is 13.3 Å². The first-order valence-electron chi connectivity index (χ1n) is 14.1. The lowest BCUT2D eigenvalue weighted by molar-refractivity contribution is 0.134. The van der Waals surface area contributed by atoms with Gasteiger partial charge in [-0.05, 0) is 104 Å².